The van der Waals surface area contributed by atoms with Gasteiger partial charge in [-0.3, -0.25) is 0 Å². The van der Waals surface area contributed by atoms with Crippen molar-refractivity contribution in [2.75, 3.05) is 23.9 Å². The predicted molar refractivity (Wildman–Crippen MR) is 66.3 cm³/mol. The molecule has 1 N–H and O–H groups in total. The first-order valence-corrected chi connectivity index (χ1v) is 7.78. The minimum Gasteiger partial charge on any atom is -0.312 e. The van der Waals surface area contributed by atoms with E-state index < -0.39 is 9.84 Å². The number of hydrogen-bond donors (Lipinski definition) is 1. The number of alkyl halides is 1. The minimum atomic E-state index is -2.87. The molecule has 0 spiro atoms. The molecule has 15 heavy (non-hydrogen) atoms. The normalized spacial score (nSPS) is 14.5. The molecule has 0 aliphatic heterocycles. The van der Waals surface area contributed by atoms with E-state index >= 15 is 0 Å². The fourth-order valence-electron chi connectivity index (χ4n) is 1.28. The minimum absolute atomic E-state index is 0.198. The molecule has 0 amide bonds. The van der Waals surface area contributed by atoms with Crippen LogP contribution in [0.25, 0.3) is 0 Å². The molecule has 0 aromatic carbocycles. The van der Waals surface area contributed by atoms with E-state index in [0.717, 1.165) is 0 Å². The predicted octanol–water partition coefficient (Wildman–Crippen LogP) is 1.66. The van der Waals surface area contributed by atoms with Crippen molar-refractivity contribution in [2.24, 2.45) is 5.92 Å². The smallest absolute Gasteiger partial charge is 0.151 e. The van der Waals surface area contributed by atoms with Crippen LogP contribution in [0.3, 0.4) is 0 Å². The van der Waals surface area contributed by atoms with Crippen molar-refractivity contribution < 1.29 is 8.42 Å². The Morgan fingerprint density at radius 3 is 2.27 bits per heavy atom. The van der Waals surface area contributed by atoms with Crippen LogP contribution < -0.4 is 5.32 Å². The lowest BCUT2D eigenvalue weighted by Crippen LogP contribution is -2.38. The van der Waals surface area contributed by atoms with E-state index in [4.69, 9.17) is 11.6 Å². The summed E-state index contributed by atoms with van der Waals surface area (Å²) in [5.74, 6) is 1.44. The van der Waals surface area contributed by atoms with Crippen LogP contribution in [-0.2, 0) is 9.84 Å². The molecule has 5 heteroatoms. The Labute approximate surface area is 98.5 Å². The molecule has 0 aliphatic rings. The lowest BCUT2D eigenvalue weighted by Gasteiger charge is -2.19. The van der Waals surface area contributed by atoms with Crippen molar-refractivity contribution in [1.82, 2.24) is 5.32 Å². The third kappa shape index (κ3) is 7.14. The molecule has 0 saturated carbocycles. The highest BCUT2D eigenvalue weighted by atomic mass is 35.5. The van der Waals surface area contributed by atoms with E-state index in [-0.39, 0.29) is 17.5 Å². The first-order valence-electron chi connectivity index (χ1n) is 5.42. The average Bonchev–Trinajstić information content (AvgIpc) is 2.11. The topological polar surface area (TPSA) is 46.2 Å². The van der Waals surface area contributed by atoms with Gasteiger partial charge in [0.2, 0.25) is 0 Å². The van der Waals surface area contributed by atoms with Gasteiger partial charge < -0.3 is 5.32 Å². The number of sulfone groups is 1. The molecule has 1 atom stereocenters. The molecule has 0 saturated heterocycles. The summed E-state index contributed by atoms with van der Waals surface area (Å²) in [6, 6.07) is 0.198. The lowest BCUT2D eigenvalue weighted by molar-refractivity contribution is 0.441. The summed E-state index contributed by atoms with van der Waals surface area (Å²) in [5.41, 5.74) is 0. The molecule has 0 rings (SSSR count). The van der Waals surface area contributed by atoms with Crippen LogP contribution in [0.5, 0.6) is 0 Å². The summed E-state index contributed by atoms with van der Waals surface area (Å²) >= 11 is 5.76. The van der Waals surface area contributed by atoms with Gasteiger partial charge in [0.25, 0.3) is 0 Å². The van der Waals surface area contributed by atoms with E-state index in [1.165, 1.54) is 0 Å². The standard InChI is InChI=1S/C10H22ClNO2S/c1-4-6-15(13,14)7-5-12-10(8-11)9(2)3/h9-10,12H,4-8H2,1-3H3. The SMILES string of the molecule is CCCS(=O)(=O)CCNC(CCl)C(C)C. The maximum absolute atomic E-state index is 11.4. The first-order chi connectivity index (χ1) is 6.93. The molecular weight excluding hydrogens is 234 g/mol. The Kier molecular flexibility index (Phi) is 7.57. The van der Waals surface area contributed by atoms with Crippen LogP contribution >= 0.6 is 11.6 Å². The molecule has 1 unspecified atom stereocenters. The highest BCUT2D eigenvalue weighted by Gasteiger charge is 2.13. The average molecular weight is 256 g/mol. The Balaban J connectivity index is 3.87. The monoisotopic (exact) mass is 255 g/mol. The third-order valence-electron chi connectivity index (χ3n) is 2.31. The zero-order valence-corrected chi connectivity index (χ0v) is 11.4. The number of rotatable bonds is 8. The summed E-state index contributed by atoms with van der Waals surface area (Å²) in [5, 5.41) is 3.17. The lowest BCUT2D eigenvalue weighted by atomic mass is 10.1. The maximum Gasteiger partial charge on any atom is 0.151 e. The largest absolute Gasteiger partial charge is 0.312 e. The van der Waals surface area contributed by atoms with Crippen molar-refractivity contribution in [3.05, 3.63) is 0 Å². The van der Waals surface area contributed by atoms with E-state index in [2.05, 4.69) is 19.2 Å². The van der Waals surface area contributed by atoms with Gasteiger partial charge in [0.15, 0.2) is 9.84 Å². The molecule has 92 valence electrons. The number of nitrogens with one attached hydrogen (secondary N) is 1. The van der Waals surface area contributed by atoms with Crippen molar-refractivity contribution in [2.45, 2.75) is 33.2 Å². The van der Waals surface area contributed by atoms with Gasteiger partial charge >= 0.3 is 0 Å². The Bertz CT molecular complexity index is 252. The van der Waals surface area contributed by atoms with Crippen LogP contribution in [0.2, 0.25) is 0 Å². The second kappa shape index (κ2) is 7.47. The summed E-state index contributed by atoms with van der Waals surface area (Å²) in [6.45, 7) is 6.51. The van der Waals surface area contributed by atoms with E-state index in [1.807, 2.05) is 6.92 Å². The molecule has 3 nitrogen and oxygen atoms in total. The maximum atomic E-state index is 11.4. The molecule has 0 aromatic rings. The van der Waals surface area contributed by atoms with Crippen molar-refractivity contribution >= 4 is 21.4 Å². The Hall–Kier alpha value is 0.200. The molecule has 0 aromatic heterocycles. The number of halogens is 1. The zero-order chi connectivity index (χ0) is 11.9. The molecule has 0 heterocycles. The van der Waals surface area contributed by atoms with Crippen molar-refractivity contribution in [3.8, 4) is 0 Å². The zero-order valence-electron chi connectivity index (χ0n) is 9.79. The molecular formula is C10H22ClNO2S. The summed E-state index contributed by atoms with van der Waals surface area (Å²) < 4.78 is 22.8. The fourth-order valence-corrected chi connectivity index (χ4v) is 3.00. The van der Waals surface area contributed by atoms with Gasteiger partial charge in [0, 0.05) is 24.2 Å². The van der Waals surface area contributed by atoms with E-state index in [1.54, 1.807) is 0 Å². The molecule has 0 radical (unpaired) electrons. The first kappa shape index (κ1) is 15.2. The van der Waals surface area contributed by atoms with Crippen LogP contribution in [0.1, 0.15) is 27.2 Å². The quantitative estimate of drug-likeness (QED) is 0.671. The van der Waals surface area contributed by atoms with Crippen LogP contribution in [0, 0.1) is 5.92 Å². The van der Waals surface area contributed by atoms with Gasteiger partial charge in [-0.05, 0) is 12.3 Å². The van der Waals surface area contributed by atoms with Crippen LogP contribution in [-0.4, -0.2) is 38.4 Å². The number of hydrogen-bond acceptors (Lipinski definition) is 3. The van der Waals surface area contributed by atoms with Gasteiger partial charge in [-0.2, -0.15) is 0 Å². The molecule has 0 fully saturated rings. The highest BCUT2D eigenvalue weighted by Crippen LogP contribution is 2.03. The summed E-state index contributed by atoms with van der Waals surface area (Å²) in [7, 11) is -2.87. The summed E-state index contributed by atoms with van der Waals surface area (Å²) in [6.07, 6.45) is 0.686. The Morgan fingerprint density at radius 1 is 1.27 bits per heavy atom. The molecule has 0 bridgehead atoms. The van der Waals surface area contributed by atoms with Gasteiger partial charge in [-0.15, -0.1) is 11.6 Å². The fraction of sp³-hybridized carbons (Fsp3) is 1.00. The summed E-state index contributed by atoms with van der Waals surface area (Å²) in [4.78, 5) is 0. The van der Waals surface area contributed by atoms with Gasteiger partial charge in [-0.25, -0.2) is 8.42 Å². The van der Waals surface area contributed by atoms with Crippen molar-refractivity contribution in [1.29, 1.82) is 0 Å². The van der Waals surface area contributed by atoms with Crippen LogP contribution in [0.15, 0.2) is 0 Å². The Morgan fingerprint density at radius 2 is 1.87 bits per heavy atom. The second-order valence-electron chi connectivity index (χ2n) is 4.11. The molecule has 0 aliphatic carbocycles. The second-order valence-corrected chi connectivity index (χ2v) is 6.72. The van der Waals surface area contributed by atoms with E-state index in [0.29, 0.717) is 24.8 Å². The third-order valence-corrected chi connectivity index (χ3v) is 4.49. The van der Waals surface area contributed by atoms with Gasteiger partial charge in [-0.1, -0.05) is 20.8 Å². The van der Waals surface area contributed by atoms with Gasteiger partial charge in [0.05, 0.1) is 5.75 Å². The highest BCUT2D eigenvalue weighted by molar-refractivity contribution is 7.91. The van der Waals surface area contributed by atoms with E-state index in [9.17, 15) is 8.42 Å². The van der Waals surface area contributed by atoms with Crippen molar-refractivity contribution in [3.63, 3.8) is 0 Å². The van der Waals surface area contributed by atoms with Gasteiger partial charge in [0.1, 0.15) is 0 Å². The van der Waals surface area contributed by atoms with Crippen LogP contribution in [0.4, 0.5) is 0 Å².